The Kier molecular flexibility index (Phi) is 6.08. The van der Waals surface area contributed by atoms with Crippen LogP contribution in [0.3, 0.4) is 0 Å². The third-order valence-electron chi connectivity index (χ3n) is 5.16. The van der Waals surface area contributed by atoms with Gasteiger partial charge < -0.3 is 10.1 Å². The fourth-order valence-electron chi connectivity index (χ4n) is 3.68. The summed E-state index contributed by atoms with van der Waals surface area (Å²) in [5.74, 6) is 1.13. The largest absolute Gasteiger partial charge is 0.473 e. The van der Waals surface area contributed by atoms with Gasteiger partial charge in [-0.3, -0.25) is 0 Å². The number of nitrogens with zero attached hydrogens (tertiary/aromatic N) is 2. The average Bonchev–Trinajstić information content (AvgIpc) is 3.04. The van der Waals surface area contributed by atoms with Crippen molar-refractivity contribution in [1.82, 2.24) is 15.1 Å². The maximum absolute atomic E-state index is 13.9. The van der Waals surface area contributed by atoms with E-state index in [0.717, 1.165) is 11.6 Å². The highest BCUT2D eigenvalue weighted by molar-refractivity contribution is 5.20. The van der Waals surface area contributed by atoms with Crippen LogP contribution in [0.1, 0.15) is 56.3 Å². The Morgan fingerprint density at radius 3 is 2.76 bits per heavy atom. The Morgan fingerprint density at radius 2 is 2.04 bits per heavy atom. The maximum Gasteiger partial charge on any atom is 0.212 e. The number of rotatable bonds is 7. The van der Waals surface area contributed by atoms with Crippen molar-refractivity contribution in [1.29, 1.82) is 0 Å². The third-order valence-corrected chi connectivity index (χ3v) is 5.16. The Balaban J connectivity index is 1.77. The molecule has 0 bridgehead atoms. The van der Waals surface area contributed by atoms with Gasteiger partial charge in [0, 0.05) is 18.2 Å². The predicted octanol–water partition coefficient (Wildman–Crippen LogP) is 4.46. The quantitative estimate of drug-likeness (QED) is 0.805. The molecule has 1 aliphatic carbocycles. The molecule has 0 aliphatic heterocycles. The SMILES string of the molecule is CNCc1cc(OCc2ccccc2F)n(C(C)C2CCCCC2)n1. The van der Waals surface area contributed by atoms with Gasteiger partial charge >= 0.3 is 0 Å². The van der Waals surface area contributed by atoms with Crippen molar-refractivity contribution in [3.8, 4) is 5.88 Å². The first-order chi connectivity index (χ1) is 12.2. The summed E-state index contributed by atoms with van der Waals surface area (Å²) >= 11 is 0. The number of ether oxygens (including phenoxy) is 1. The fourth-order valence-corrected chi connectivity index (χ4v) is 3.68. The van der Waals surface area contributed by atoms with Crippen LogP contribution in [0.2, 0.25) is 0 Å². The summed E-state index contributed by atoms with van der Waals surface area (Å²) < 4.78 is 21.8. The van der Waals surface area contributed by atoms with E-state index in [1.165, 1.54) is 38.2 Å². The van der Waals surface area contributed by atoms with Gasteiger partial charge in [0.2, 0.25) is 5.88 Å². The molecule has 0 spiro atoms. The minimum absolute atomic E-state index is 0.217. The van der Waals surface area contributed by atoms with Crippen LogP contribution in [0.4, 0.5) is 4.39 Å². The van der Waals surface area contributed by atoms with E-state index in [9.17, 15) is 4.39 Å². The molecule has 1 aromatic carbocycles. The summed E-state index contributed by atoms with van der Waals surface area (Å²) in [6, 6.07) is 9.01. The van der Waals surface area contributed by atoms with Gasteiger partial charge in [-0.05, 0) is 38.8 Å². The lowest BCUT2D eigenvalue weighted by Crippen LogP contribution is -2.21. The van der Waals surface area contributed by atoms with E-state index in [4.69, 9.17) is 9.84 Å². The van der Waals surface area contributed by atoms with E-state index in [1.807, 2.05) is 23.9 Å². The number of hydrogen-bond acceptors (Lipinski definition) is 3. The summed E-state index contributed by atoms with van der Waals surface area (Å²) in [5.41, 5.74) is 1.52. The van der Waals surface area contributed by atoms with Crippen molar-refractivity contribution in [2.24, 2.45) is 5.92 Å². The first-order valence-electron chi connectivity index (χ1n) is 9.28. The van der Waals surface area contributed by atoms with Crippen molar-refractivity contribution >= 4 is 0 Å². The van der Waals surface area contributed by atoms with Gasteiger partial charge in [-0.2, -0.15) is 5.10 Å². The van der Waals surface area contributed by atoms with Crippen LogP contribution in [0.25, 0.3) is 0 Å². The van der Waals surface area contributed by atoms with E-state index in [0.29, 0.717) is 24.1 Å². The van der Waals surface area contributed by atoms with Gasteiger partial charge in [0.05, 0.1) is 11.7 Å². The van der Waals surface area contributed by atoms with Crippen molar-refractivity contribution < 1.29 is 9.13 Å². The molecule has 2 aromatic rings. The minimum Gasteiger partial charge on any atom is -0.473 e. The maximum atomic E-state index is 13.9. The zero-order valence-electron chi connectivity index (χ0n) is 15.2. The number of hydrogen-bond donors (Lipinski definition) is 1. The minimum atomic E-state index is -0.232. The molecule has 25 heavy (non-hydrogen) atoms. The van der Waals surface area contributed by atoms with E-state index in [-0.39, 0.29) is 12.4 Å². The predicted molar refractivity (Wildman–Crippen MR) is 97.0 cm³/mol. The molecule has 136 valence electrons. The Hall–Kier alpha value is -1.88. The summed E-state index contributed by atoms with van der Waals surface area (Å²) in [6.07, 6.45) is 6.42. The first-order valence-corrected chi connectivity index (χ1v) is 9.28. The molecule has 1 heterocycles. The summed E-state index contributed by atoms with van der Waals surface area (Å²) in [6.45, 7) is 3.14. The van der Waals surface area contributed by atoms with Crippen LogP contribution < -0.4 is 10.1 Å². The molecule has 1 saturated carbocycles. The fraction of sp³-hybridized carbons (Fsp3) is 0.550. The average molecular weight is 345 g/mol. The Morgan fingerprint density at radius 1 is 1.28 bits per heavy atom. The smallest absolute Gasteiger partial charge is 0.212 e. The van der Waals surface area contributed by atoms with Gasteiger partial charge in [0.25, 0.3) is 0 Å². The number of halogens is 1. The molecule has 1 aromatic heterocycles. The van der Waals surface area contributed by atoms with Crippen LogP contribution in [0.5, 0.6) is 5.88 Å². The molecule has 1 atom stereocenters. The summed E-state index contributed by atoms with van der Waals surface area (Å²) in [7, 11) is 1.91. The lowest BCUT2D eigenvalue weighted by atomic mass is 9.85. The van der Waals surface area contributed by atoms with E-state index in [2.05, 4.69) is 12.2 Å². The van der Waals surface area contributed by atoms with Crippen molar-refractivity contribution in [2.45, 2.75) is 58.2 Å². The summed E-state index contributed by atoms with van der Waals surface area (Å²) in [5, 5.41) is 7.88. The number of aromatic nitrogens is 2. The molecular formula is C20H28FN3O. The number of nitrogens with one attached hydrogen (secondary N) is 1. The summed E-state index contributed by atoms with van der Waals surface area (Å²) in [4.78, 5) is 0. The Bertz CT molecular complexity index is 679. The van der Waals surface area contributed by atoms with Gasteiger partial charge in [0.15, 0.2) is 0 Å². The van der Waals surface area contributed by atoms with Gasteiger partial charge in [-0.25, -0.2) is 9.07 Å². The van der Waals surface area contributed by atoms with Crippen LogP contribution in [-0.4, -0.2) is 16.8 Å². The van der Waals surface area contributed by atoms with Crippen LogP contribution in [0.15, 0.2) is 30.3 Å². The molecule has 4 nitrogen and oxygen atoms in total. The monoisotopic (exact) mass is 345 g/mol. The highest BCUT2D eigenvalue weighted by atomic mass is 19.1. The zero-order chi connectivity index (χ0) is 17.6. The second-order valence-corrected chi connectivity index (χ2v) is 6.97. The molecular weight excluding hydrogens is 317 g/mol. The highest BCUT2D eigenvalue weighted by Crippen LogP contribution is 2.35. The molecule has 1 aliphatic rings. The Labute approximate surface area is 149 Å². The zero-order valence-corrected chi connectivity index (χ0v) is 15.2. The van der Waals surface area contributed by atoms with Crippen molar-refractivity contribution in [3.63, 3.8) is 0 Å². The van der Waals surface area contributed by atoms with Gasteiger partial charge in [-0.15, -0.1) is 0 Å². The topological polar surface area (TPSA) is 39.1 Å². The van der Waals surface area contributed by atoms with Crippen molar-refractivity contribution in [2.75, 3.05) is 7.05 Å². The molecule has 1 N–H and O–H groups in total. The van der Waals surface area contributed by atoms with Gasteiger partial charge in [-0.1, -0.05) is 37.5 Å². The van der Waals surface area contributed by atoms with Crippen molar-refractivity contribution in [3.05, 3.63) is 47.4 Å². The lowest BCUT2D eigenvalue weighted by Gasteiger charge is -2.28. The molecule has 5 heteroatoms. The number of benzene rings is 1. The van der Waals surface area contributed by atoms with Crippen LogP contribution >= 0.6 is 0 Å². The molecule has 1 unspecified atom stereocenters. The molecule has 3 rings (SSSR count). The van der Waals surface area contributed by atoms with E-state index in [1.54, 1.807) is 12.1 Å². The molecule has 0 amide bonds. The second-order valence-electron chi connectivity index (χ2n) is 6.97. The molecule has 1 fully saturated rings. The van der Waals surface area contributed by atoms with Gasteiger partial charge in [0.1, 0.15) is 12.4 Å². The van der Waals surface area contributed by atoms with Crippen LogP contribution in [0, 0.1) is 11.7 Å². The first kappa shape index (κ1) is 17.9. The molecule has 0 saturated heterocycles. The van der Waals surface area contributed by atoms with Crippen LogP contribution in [-0.2, 0) is 13.2 Å². The van der Waals surface area contributed by atoms with E-state index < -0.39 is 0 Å². The standard InChI is InChI=1S/C20H28FN3O/c1-15(16-8-4-3-5-9-16)24-20(12-18(23-24)13-22-2)25-14-17-10-6-7-11-19(17)21/h6-7,10-12,15-16,22H,3-5,8-9,13-14H2,1-2H3. The molecule has 0 radical (unpaired) electrons. The third kappa shape index (κ3) is 4.40. The normalized spacial score (nSPS) is 16.8. The van der Waals surface area contributed by atoms with E-state index >= 15 is 0 Å². The highest BCUT2D eigenvalue weighted by Gasteiger charge is 2.25. The lowest BCUT2D eigenvalue weighted by molar-refractivity contribution is 0.208. The second kappa shape index (κ2) is 8.48.